The molecule has 0 radical (unpaired) electrons. The largest absolute Gasteiger partial charge is 0.475 e. The SMILES string of the molecule is CC(C)(C)OC(=NC(C(C)(C)C)C(C)(C)C)C(C)(C)C. The standard InChI is InChI=1S/C18H37NO/c1-15(2,3)13(16(4,5)6)19-14(17(7,8)9)20-18(10,11)12/h13H,1-12H3. The van der Waals surface area contributed by atoms with E-state index in [1.165, 1.54) is 0 Å². The highest BCUT2D eigenvalue weighted by Gasteiger charge is 2.37. The van der Waals surface area contributed by atoms with E-state index in [1.54, 1.807) is 0 Å². The van der Waals surface area contributed by atoms with Crippen LogP contribution in [0.3, 0.4) is 0 Å². The average Bonchev–Trinajstić information content (AvgIpc) is 2.03. The minimum absolute atomic E-state index is 0.0813. The second-order valence-corrected chi connectivity index (χ2v) is 10.0. The summed E-state index contributed by atoms with van der Waals surface area (Å²) in [6, 6.07) is 0.214. The molecule has 0 saturated heterocycles. The molecule has 0 aromatic carbocycles. The minimum atomic E-state index is -0.216. The highest BCUT2D eigenvalue weighted by molar-refractivity contribution is 5.82. The molecule has 0 atom stereocenters. The quantitative estimate of drug-likeness (QED) is 0.446. The van der Waals surface area contributed by atoms with E-state index in [1.807, 2.05) is 0 Å². The summed E-state index contributed by atoms with van der Waals surface area (Å²) < 4.78 is 6.17. The Morgan fingerprint density at radius 1 is 0.700 bits per heavy atom. The van der Waals surface area contributed by atoms with Crippen LogP contribution in [-0.4, -0.2) is 17.5 Å². The molecule has 0 fully saturated rings. The van der Waals surface area contributed by atoms with Crippen LogP contribution in [0.2, 0.25) is 0 Å². The van der Waals surface area contributed by atoms with Crippen LogP contribution in [0.15, 0.2) is 4.99 Å². The predicted octanol–water partition coefficient (Wildman–Crippen LogP) is 5.71. The van der Waals surface area contributed by atoms with Crippen molar-refractivity contribution in [3.05, 3.63) is 0 Å². The van der Waals surface area contributed by atoms with Crippen LogP contribution in [0, 0.1) is 16.2 Å². The van der Waals surface area contributed by atoms with Gasteiger partial charge < -0.3 is 4.74 Å². The van der Waals surface area contributed by atoms with E-state index in [-0.39, 0.29) is 27.9 Å². The Morgan fingerprint density at radius 2 is 1.05 bits per heavy atom. The lowest BCUT2D eigenvalue weighted by Crippen LogP contribution is -2.41. The van der Waals surface area contributed by atoms with Gasteiger partial charge in [-0.25, -0.2) is 0 Å². The van der Waals surface area contributed by atoms with Crippen LogP contribution in [-0.2, 0) is 4.74 Å². The molecule has 120 valence electrons. The van der Waals surface area contributed by atoms with Crippen LogP contribution in [0.5, 0.6) is 0 Å². The molecule has 0 bridgehead atoms. The Balaban J connectivity index is 5.75. The molecular weight excluding hydrogens is 246 g/mol. The Kier molecular flexibility index (Phi) is 5.54. The monoisotopic (exact) mass is 283 g/mol. The van der Waals surface area contributed by atoms with Gasteiger partial charge in [-0.05, 0) is 31.6 Å². The summed E-state index contributed by atoms with van der Waals surface area (Å²) >= 11 is 0. The van der Waals surface area contributed by atoms with Crippen molar-refractivity contribution in [3.63, 3.8) is 0 Å². The first-order valence-electron chi connectivity index (χ1n) is 7.72. The van der Waals surface area contributed by atoms with Gasteiger partial charge in [-0.3, -0.25) is 4.99 Å². The molecule has 0 N–H and O–H groups in total. The number of aliphatic imine (C=N–C) groups is 1. The van der Waals surface area contributed by atoms with E-state index in [0.29, 0.717) is 0 Å². The van der Waals surface area contributed by atoms with Crippen molar-refractivity contribution in [2.45, 2.75) is 94.7 Å². The van der Waals surface area contributed by atoms with E-state index < -0.39 is 0 Å². The molecule has 0 aliphatic heterocycles. The lowest BCUT2D eigenvalue weighted by Gasteiger charge is -2.40. The zero-order valence-electron chi connectivity index (χ0n) is 15.9. The molecule has 0 aromatic heterocycles. The lowest BCUT2D eigenvalue weighted by molar-refractivity contribution is 0.0906. The Labute approximate surface area is 127 Å². The van der Waals surface area contributed by atoms with Crippen molar-refractivity contribution in [1.29, 1.82) is 0 Å². The highest BCUT2D eigenvalue weighted by Crippen LogP contribution is 2.37. The fourth-order valence-corrected chi connectivity index (χ4v) is 2.47. The summed E-state index contributed by atoms with van der Waals surface area (Å²) in [6.07, 6.45) is 0. The summed E-state index contributed by atoms with van der Waals surface area (Å²) in [4.78, 5) is 5.07. The molecule has 0 unspecified atom stereocenters. The first kappa shape index (κ1) is 19.5. The zero-order valence-corrected chi connectivity index (χ0v) is 15.9. The van der Waals surface area contributed by atoms with Gasteiger partial charge in [-0.2, -0.15) is 0 Å². The number of rotatable bonds is 1. The van der Waals surface area contributed by atoms with Gasteiger partial charge in [0.05, 0.1) is 6.04 Å². The topological polar surface area (TPSA) is 21.6 Å². The molecule has 2 heteroatoms. The highest BCUT2D eigenvalue weighted by atomic mass is 16.5. The predicted molar refractivity (Wildman–Crippen MR) is 90.4 cm³/mol. The zero-order chi connectivity index (χ0) is 16.6. The molecule has 0 aliphatic rings. The fourth-order valence-electron chi connectivity index (χ4n) is 2.47. The van der Waals surface area contributed by atoms with Gasteiger partial charge in [0.25, 0.3) is 0 Å². The summed E-state index contributed by atoms with van der Waals surface area (Å²) in [5.41, 5.74) is -0.0829. The van der Waals surface area contributed by atoms with Gasteiger partial charge in [0.1, 0.15) is 5.60 Å². The number of hydrogen-bond donors (Lipinski definition) is 0. The van der Waals surface area contributed by atoms with E-state index in [4.69, 9.17) is 9.73 Å². The van der Waals surface area contributed by atoms with Crippen molar-refractivity contribution in [1.82, 2.24) is 0 Å². The van der Waals surface area contributed by atoms with Crippen LogP contribution >= 0.6 is 0 Å². The van der Waals surface area contributed by atoms with Crippen molar-refractivity contribution in [2.75, 3.05) is 0 Å². The molecule has 0 saturated carbocycles. The van der Waals surface area contributed by atoms with E-state index in [9.17, 15) is 0 Å². The maximum Gasteiger partial charge on any atom is 0.189 e. The smallest absolute Gasteiger partial charge is 0.189 e. The molecule has 0 spiro atoms. The molecule has 20 heavy (non-hydrogen) atoms. The van der Waals surface area contributed by atoms with Gasteiger partial charge in [0.2, 0.25) is 0 Å². The van der Waals surface area contributed by atoms with E-state index in [2.05, 4.69) is 83.1 Å². The van der Waals surface area contributed by atoms with Crippen molar-refractivity contribution in [2.24, 2.45) is 21.2 Å². The minimum Gasteiger partial charge on any atom is -0.475 e. The van der Waals surface area contributed by atoms with Gasteiger partial charge >= 0.3 is 0 Å². The third-order valence-corrected chi connectivity index (χ3v) is 2.93. The first-order chi connectivity index (χ1) is 8.44. The van der Waals surface area contributed by atoms with Crippen LogP contribution in [0.1, 0.15) is 83.1 Å². The Morgan fingerprint density at radius 3 is 1.25 bits per heavy atom. The first-order valence-corrected chi connectivity index (χ1v) is 7.72. The normalized spacial score (nSPS) is 15.8. The summed E-state index contributed by atoms with van der Waals surface area (Å²) in [6.45, 7) is 26.3. The second-order valence-electron chi connectivity index (χ2n) is 10.0. The molecular formula is C18H37NO. The third kappa shape index (κ3) is 6.76. The molecule has 0 heterocycles. The van der Waals surface area contributed by atoms with Crippen LogP contribution < -0.4 is 0 Å². The fraction of sp³-hybridized carbons (Fsp3) is 0.944. The van der Waals surface area contributed by atoms with E-state index >= 15 is 0 Å². The maximum atomic E-state index is 6.17. The van der Waals surface area contributed by atoms with Crippen LogP contribution in [0.4, 0.5) is 0 Å². The molecule has 2 nitrogen and oxygen atoms in total. The van der Waals surface area contributed by atoms with Gasteiger partial charge in [-0.1, -0.05) is 62.3 Å². The lowest BCUT2D eigenvalue weighted by atomic mass is 9.72. The van der Waals surface area contributed by atoms with Crippen molar-refractivity contribution < 1.29 is 4.74 Å². The second kappa shape index (κ2) is 5.69. The summed E-state index contributed by atoms with van der Waals surface area (Å²) in [5, 5.41) is 0. The van der Waals surface area contributed by atoms with Crippen molar-refractivity contribution in [3.8, 4) is 0 Å². The third-order valence-electron chi connectivity index (χ3n) is 2.93. The van der Waals surface area contributed by atoms with Crippen molar-refractivity contribution >= 4 is 5.90 Å². The average molecular weight is 284 g/mol. The van der Waals surface area contributed by atoms with Gasteiger partial charge in [0, 0.05) is 5.41 Å². The molecule has 0 aromatic rings. The van der Waals surface area contributed by atoms with Gasteiger partial charge in [-0.15, -0.1) is 0 Å². The summed E-state index contributed by atoms with van der Waals surface area (Å²) in [5.74, 6) is 0.861. The number of hydrogen-bond acceptors (Lipinski definition) is 2. The Bertz CT molecular complexity index is 326. The van der Waals surface area contributed by atoms with E-state index in [0.717, 1.165) is 5.90 Å². The number of ether oxygens (including phenoxy) is 1. The molecule has 0 rings (SSSR count). The Hall–Kier alpha value is -0.530. The summed E-state index contributed by atoms with van der Waals surface area (Å²) in [7, 11) is 0. The van der Waals surface area contributed by atoms with Gasteiger partial charge in [0.15, 0.2) is 5.90 Å². The maximum absolute atomic E-state index is 6.17. The number of nitrogens with zero attached hydrogens (tertiary/aromatic N) is 1. The van der Waals surface area contributed by atoms with Crippen LogP contribution in [0.25, 0.3) is 0 Å². The molecule has 0 aliphatic carbocycles. The molecule has 0 amide bonds.